The van der Waals surface area contributed by atoms with E-state index in [1.54, 1.807) is 0 Å². The summed E-state index contributed by atoms with van der Waals surface area (Å²) < 4.78 is 72.0. The van der Waals surface area contributed by atoms with Gasteiger partial charge in [0.25, 0.3) is 5.89 Å². The van der Waals surface area contributed by atoms with Crippen molar-refractivity contribution in [1.82, 2.24) is 25.2 Å². The quantitative estimate of drug-likeness (QED) is 0.459. The van der Waals surface area contributed by atoms with Crippen LogP contribution in [-0.2, 0) is 6.54 Å². The molecule has 0 amide bonds. The van der Waals surface area contributed by atoms with Gasteiger partial charge in [-0.3, -0.25) is 0 Å². The highest BCUT2D eigenvalue weighted by Crippen LogP contribution is 2.25. The largest absolute Gasteiger partial charge is 0.415 e. The molecule has 0 aliphatic carbocycles. The second-order valence-corrected chi connectivity index (χ2v) is 5.98. The fraction of sp³-hybridized carbons (Fsp3) is 0.111. The van der Waals surface area contributed by atoms with Gasteiger partial charge in [-0.25, -0.2) is 17.9 Å². The third-order valence-electron chi connectivity index (χ3n) is 4.01. The molecule has 2 heterocycles. The van der Waals surface area contributed by atoms with E-state index in [2.05, 4.69) is 20.5 Å². The molecule has 2 aromatic carbocycles. The third kappa shape index (κ3) is 3.84. The van der Waals surface area contributed by atoms with Gasteiger partial charge in [0.15, 0.2) is 11.6 Å². The topological polar surface area (TPSA) is 69.6 Å². The smallest absolute Gasteiger partial charge is 0.314 e. The van der Waals surface area contributed by atoms with Crippen LogP contribution in [0.3, 0.4) is 0 Å². The van der Waals surface area contributed by atoms with Crippen molar-refractivity contribution in [3.05, 3.63) is 71.5 Å². The number of aromatic nitrogens is 5. The second kappa shape index (κ2) is 7.41. The Labute approximate surface area is 159 Å². The van der Waals surface area contributed by atoms with Crippen LogP contribution >= 0.6 is 0 Å². The summed E-state index contributed by atoms with van der Waals surface area (Å²) in [6.45, 7) is -0.00505. The van der Waals surface area contributed by atoms with Crippen molar-refractivity contribution in [2.24, 2.45) is 0 Å². The Kier molecular flexibility index (Phi) is 4.79. The molecule has 0 saturated carbocycles. The average Bonchev–Trinajstić information content (AvgIpc) is 3.35. The molecule has 0 spiro atoms. The van der Waals surface area contributed by atoms with Gasteiger partial charge in [-0.05, 0) is 30.3 Å². The molecule has 4 rings (SSSR count). The van der Waals surface area contributed by atoms with E-state index in [1.165, 1.54) is 29.1 Å². The van der Waals surface area contributed by atoms with Crippen molar-refractivity contribution in [3.63, 3.8) is 0 Å². The first-order chi connectivity index (χ1) is 13.9. The number of rotatable bonds is 5. The molecule has 0 aliphatic rings. The van der Waals surface area contributed by atoms with E-state index in [0.717, 1.165) is 18.2 Å². The van der Waals surface area contributed by atoms with Gasteiger partial charge in [0.1, 0.15) is 11.5 Å². The third-order valence-corrected chi connectivity index (χ3v) is 4.01. The highest BCUT2D eigenvalue weighted by atomic mass is 19.3. The van der Waals surface area contributed by atoms with Crippen molar-refractivity contribution in [2.45, 2.75) is 13.0 Å². The van der Waals surface area contributed by atoms with Crippen LogP contribution in [0, 0.1) is 17.5 Å². The monoisotopic (exact) mass is 407 g/mol. The zero-order valence-electron chi connectivity index (χ0n) is 14.4. The van der Waals surface area contributed by atoms with Gasteiger partial charge >= 0.3 is 6.43 Å². The van der Waals surface area contributed by atoms with E-state index >= 15 is 0 Å². The van der Waals surface area contributed by atoms with E-state index in [9.17, 15) is 22.0 Å². The molecule has 2 aromatic heterocycles. The molecular formula is C18H10F5N5O. The summed E-state index contributed by atoms with van der Waals surface area (Å²) in [4.78, 5) is 0. The highest BCUT2D eigenvalue weighted by molar-refractivity contribution is 5.57. The Balaban J connectivity index is 1.54. The van der Waals surface area contributed by atoms with Gasteiger partial charge in [-0.2, -0.15) is 8.78 Å². The zero-order valence-corrected chi connectivity index (χ0v) is 14.4. The summed E-state index contributed by atoms with van der Waals surface area (Å²) in [5.74, 6) is -3.73. The van der Waals surface area contributed by atoms with Crippen LogP contribution in [-0.4, -0.2) is 25.2 Å². The Morgan fingerprint density at radius 2 is 1.62 bits per heavy atom. The van der Waals surface area contributed by atoms with Crippen LogP contribution in [0.15, 0.2) is 47.0 Å². The van der Waals surface area contributed by atoms with Gasteiger partial charge in [-0.1, -0.05) is 11.3 Å². The van der Waals surface area contributed by atoms with E-state index in [-0.39, 0.29) is 29.3 Å². The molecule has 0 bridgehead atoms. The van der Waals surface area contributed by atoms with Crippen LogP contribution in [0.2, 0.25) is 0 Å². The molecular weight excluding hydrogens is 397 g/mol. The van der Waals surface area contributed by atoms with Gasteiger partial charge in [0.2, 0.25) is 5.89 Å². The van der Waals surface area contributed by atoms with E-state index in [0.29, 0.717) is 5.56 Å². The van der Waals surface area contributed by atoms with Gasteiger partial charge in [0, 0.05) is 16.7 Å². The average molecular weight is 407 g/mol. The predicted octanol–water partition coefficient (Wildman–Crippen LogP) is 4.40. The minimum atomic E-state index is -2.92. The molecule has 0 N–H and O–H groups in total. The summed E-state index contributed by atoms with van der Waals surface area (Å²) >= 11 is 0. The molecule has 0 radical (unpaired) electrons. The molecule has 29 heavy (non-hydrogen) atoms. The summed E-state index contributed by atoms with van der Waals surface area (Å²) in [6, 6.07) is 7.23. The van der Waals surface area contributed by atoms with Crippen molar-refractivity contribution in [1.29, 1.82) is 0 Å². The summed E-state index contributed by atoms with van der Waals surface area (Å²) in [5, 5.41) is 14.4. The van der Waals surface area contributed by atoms with Crippen molar-refractivity contribution in [3.8, 4) is 22.7 Å². The molecule has 4 aromatic rings. The lowest BCUT2D eigenvalue weighted by atomic mass is 10.1. The van der Waals surface area contributed by atoms with Gasteiger partial charge < -0.3 is 4.42 Å². The number of hydrogen-bond acceptors (Lipinski definition) is 5. The van der Waals surface area contributed by atoms with Gasteiger partial charge in [-0.15, -0.1) is 15.3 Å². The van der Waals surface area contributed by atoms with Crippen molar-refractivity contribution in [2.75, 3.05) is 0 Å². The first-order valence-corrected chi connectivity index (χ1v) is 8.16. The number of alkyl halides is 2. The van der Waals surface area contributed by atoms with Crippen molar-refractivity contribution < 1.29 is 26.4 Å². The molecule has 0 unspecified atom stereocenters. The molecule has 148 valence electrons. The lowest BCUT2D eigenvalue weighted by Crippen LogP contribution is -2.03. The lowest BCUT2D eigenvalue weighted by molar-refractivity contribution is 0.116. The molecule has 0 atom stereocenters. The van der Waals surface area contributed by atoms with E-state index < -0.39 is 29.8 Å². The summed E-state index contributed by atoms with van der Waals surface area (Å²) in [6.07, 6.45) is -1.47. The second-order valence-electron chi connectivity index (χ2n) is 5.98. The molecule has 0 fully saturated rings. The maximum atomic E-state index is 14.4. The molecule has 0 saturated heterocycles. The number of hydrogen-bond donors (Lipinski definition) is 0. The standard InChI is InChI=1S/C18H10F5N5O/c19-12-4-3-9(5-14(12)21)15-8-28(27-24-15)7-11-2-1-10(6-13(11)20)17-25-26-18(29-17)16(22)23/h1-6,8,16H,7H2. The Morgan fingerprint density at radius 3 is 2.31 bits per heavy atom. The highest BCUT2D eigenvalue weighted by Gasteiger charge is 2.18. The lowest BCUT2D eigenvalue weighted by Gasteiger charge is -2.04. The minimum absolute atomic E-state index is 0.00505. The summed E-state index contributed by atoms with van der Waals surface area (Å²) in [7, 11) is 0. The number of benzene rings is 2. The fourth-order valence-corrected chi connectivity index (χ4v) is 2.59. The Bertz CT molecular complexity index is 1170. The van der Waals surface area contributed by atoms with Crippen LogP contribution in [0.5, 0.6) is 0 Å². The van der Waals surface area contributed by atoms with Crippen molar-refractivity contribution >= 4 is 0 Å². The Hall–Kier alpha value is -3.63. The van der Waals surface area contributed by atoms with Gasteiger partial charge in [0.05, 0.1) is 12.7 Å². The molecule has 0 aliphatic heterocycles. The maximum Gasteiger partial charge on any atom is 0.314 e. The van der Waals surface area contributed by atoms with E-state index in [1.807, 2.05) is 0 Å². The van der Waals surface area contributed by atoms with Crippen LogP contribution in [0.4, 0.5) is 22.0 Å². The molecule has 6 nitrogen and oxygen atoms in total. The maximum absolute atomic E-state index is 14.4. The molecule has 11 heteroatoms. The van der Waals surface area contributed by atoms with E-state index in [4.69, 9.17) is 4.42 Å². The van der Waals surface area contributed by atoms with Crippen LogP contribution < -0.4 is 0 Å². The minimum Gasteiger partial charge on any atom is -0.415 e. The number of nitrogens with zero attached hydrogens (tertiary/aromatic N) is 5. The van der Waals surface area contributed by atoms with Crippen LogP contribution in [0.1, 0.15) is 17.9 Å². The Morgan fingerprint density at radius 1 is 0.862 bits per heavy atom. The van der Waals surface area contributed by atoms with Crippen LogP contribution in [0.25, 0.3) is 22.7 Å². The zero-order chi connectivity index (χ0) is 20.5. The summed E-state index contributed by atoms with van der Waals surface area (Å²) in [5.41, 5.74) is 0.972. The normalized spacial score (nSPS) is 11.4. The SMILES string of the molecule is Fc1ccc(-c2cn(Cc3ccc(-c4nnc(C(F)F)o4)cc3F)nn2)cc1F. The predicted molar refractivity (Wildman–Crippen MR) is 89.1 cm³/mol. The first-order valence-electron chi connectivity index (χ1n) is 8.16. The first kappa shape index (κ1) is 18.7. The number of halogens is 5. The fourth-order valence-electron chi connectivity index (χ4n) is 2.59.